The Hall–Kier alpha value is -1.45. The van der Waals surface area contributed by atoms with Crippen molar-refractivity contribution in [1.29, 1.82) is 0 Å². The van der Waals surface area contributed by atoms with Crippen LogP contribution in [-0.2, 0) is 6.54 Å². The van der Waals surface area contributed by atoms with Crippen molar-refractivity contribution in [2.24, 2.45) is 0 Å². The molecule has 0 radical (unpaired) electrons. The lowest BCUT2D eigenvalue weighted by atomic mass is 10.1. The molecule has 1 aromatic carbocycles. The minimum Gasteiger partial charge on any atom is -0.496 e. The largest absolute Gasteiger partial charge is 0.496 e. The van der Waals surface area contributed by atoms with Crippen LogP contribution in [0.15, 0.2) is 34.7 Å². The molecule has 1 heterocycles. The molecule has 102 valence electrons. The predicted octanol–water partition coefficient (Wildman–Crippen LogP) is 4.10. The Morgan fingerprint density at radius 3 is 2.74 bits per heavy atom. The van der Waals surface area contributed by atoms with Crippen molar-refractivity contribution in [2.75, 3.05) is 7.11 Å². The molecule has 1 atom stereocenters. The predicted molar refractivity (Wildman–Crippen MR) is 76.7 cm³/mol. The molecule has 2 rings (SSSR count). The summed E-state index contributed by atoms with van der Waals surface area (Å²) in [6.45, 7) is 4.62. The Morgan fingerprint density at radius 1 is 1.32 bits per heavy atom. The second-order valence-electron chi connectivity index (χ2n) is 4.47. The summed E-state index contributed by atoms with van der Waals surface area (Å²) >= 11 is 6.20. The maximum atomic E-state index is 6.20. The van der Waals surface area contributed by atoms with Gasteiger partial charge in [-0.15, -0.1) is 0 Å². The SMILES string of the molecule is COc1cccc(Cl)c1CNC(C)c1ccc(C)o1. The van der Waals surface area contributed by atoms with Gasteiger partial charge in [0.25, 0.3) is 0 Å². The number of furan rings is 1. The lowest BCUT2D eigenvalue weighted by Crippen LogP contribution is -2.18. The van der Waals surface area contributed by atoms with Crippen LogP contribution in [0.25, 0.3) is 0 Å². The maximum absolute atomic E-state index is 6.20. The summed E-state index contributed by atoms with van der Waals surface area (Å²) in [4.78, 5) is 0. The third-order valence-corrected chi connectivity index (χ3v) is 3.42. The minimum atomic E-state index is 0.120. The van der Waals surface area contributed by atoms with E-state index in [2.05, 4.69) is 12.2 Å². The van der Waals surface area contributed by atoms with Gasteiger partial charge < -0.3 is 14.5 Å². The Morgan fingerprint density at radius 2 is 2.11 bits per heavy atom. The van der Waals surface area contributed by atoms with Gasteiger partial charge in [0.2, 0.25) is 0 Å². The molecule has 0 saturated heterocycles. The molecule has 0 aliphatic carbocycles. The van der Waals surface area contributed by atoms with Crippen LogP contribution in [0.4, 0.5) is 0 Å². The number of aryl methyl sites for hydroxylation is 1. The molecule has 19 heavy (non-hydrogen) atoms. The summed E-state index contributed by atoms with van der Waals surface area (Å²) in [6.07, 6.45) is 0. The molecule has 1 N–H and O–H groups in total. The fraction of sp³-hybridized carbons (Fsp3) is 0.333. The Bertz CT molecular complexity index is 551. The zero-order valence-corrected chi connectivity index (χ0v) is 12.1. The number of hydrogen-bond donors (Lipinski definition) is 1. The van der Waals surface area contributed by atoms with E-state index in [0.29, 0.717) is 11.6 Å². The molecule has 1 aromatic heterocycles. The molecule has 0 bridgehead atoms. The summed E-state index contributed by atoms with van der Waals surface area (Å²) in [5, 5.41) is 4.09. The third kappa shape index (κ3) is 3.31. The summed E-state index contributed by atoms with van der Waals surface area (Å²) < 4.78 is 10.9. The van der Waals surface area contributed by atoms with Crippen molar-refractivity contribution in [2.45, 2.75) is 26.4 Å². The topological polar surface area (TPSA) is 34.4 Å². The molecule has 0 aliphatic rings. The Balaban J connectivity index is 2.06. The van der Waals surface area contributed by atoms with E-state index in [-0.39, 0.29) is 6.04 Å². The highest BCUT2D eigenvalue weighted by atomic mass is 35.5. The zero-order chi connectivity index (χ0) is 13.8. The number of hydrogen-bond acceptors (Lipinski definition) is 3. The van der Waals surface area contributed by atoms with Crippen molar-refractivity contribution in [3.8, 4) is 5.75 Å². The van der Waals surface area contributed by atoms with Crippen LogP contribution in [0.3, 0.4) is 0 Å². The fourth-order valence-electron chi connectivity index (χ4n) is 1.94. The van der Waals surface area contributed by atoms with Crippen LogP contribution in [0, 0.1) is 6.92 Å². The first-order valence-corrected chi connectivity index (χ1v) is 6.60. The van der Waals surface area contributed by atoms with E-state index >= 15 is 0 Å². The van der Waals surface area contributed by atoms with Crippen molar-refractivity contribution < 1.29 is 9.15 Å². The molecule has 0 saturated carbocycles. The molecular formula is C15H18ClNO2. The third-order valence-electron chi connectivity index (χ3n) is 3.07. The van der Waals surface area contributed by atoms with Crippen molar-refractivity contribution in [3.63, 3.8) is 0 Å². The smallest absolute Gasteiger partial charge is 0.124 e. The average molecular weight is 280 g/mol. The highest BCUT2D eigenvalue weighted by molar-refractivity contribution is 6.31. The van der Waals surface area contributed by atoms with E-state index < -0.39 is 0 Å². The monoisotopic (exact) mass is 279 g/mol. The van der Waals surface area contributed by atoms with Gasteiger partial charge in [-0.1, -0.05) is 17.7 Å². The molecular weight excluding hydrogens is 262 g/mol. The maximum Gasteiger partial charge on any atom is 0.124 e. The van der Waals surface area contributed by atoms with Gasteiger partial charge in [-0.25, -0.2) is 0 Å². The highest BCUT2D eigenvalue weighted by Gasteiger charge is 2.12. The Kier molecular flexibility index (Phi) is 4.51. The minimum absolute atomic E-state index is 0.120. The first-order valence-electron chi connectivity index (χ1n) is 6.23. The lowest BCUT2D eigenvalue weighted by Gasteiger charge is -2.14. The van der Waals surface area contributed by atoms with Gasteiger partial charge in [0.1, 0.15) is 17.3 Å². The standard InChI is InChI=1S/C15H18ClNO2/c1-10-7-8-14(19-10)11(2)17-9-12-13(16)5-4-6-15(12)18-3/h4-8,11,17H,9H2,1-3H3. The summed E-state index contributed by atoms with van der Waals surface area (Å²) in [5.74, 6) is 2.63. The first kappa shape index (κ1) is 14.0. The molecule has 0 fully saturated rings. The van der Waals surface area contributed by atoms with E-state index in [0.717, 1.165) is 22.8 Å². The molecule has 0 amide bonds. The second-order valence-corrected chi connectivity index (χ2v) is 4.88. The fourth-order valence-corrected chi connectivity index (χ4v) is 2.18. The van der Waals surface area contributed by atoms with Gasteiger partial charge >= 0.3 is 0 Å². The molecule has 1 unspecified atom stereocenters. The lowest BCUT2D eigenvalue weighted by molar-refractivity contribution is 0.396. The van der Waals surface area contributed by atoms with Gasteiger partial charge in [0.15, 0.2) is 0 Å². The molecule has 2 aromatic rings. The first-order chi connectivity index (χ1) is 9.11. The summed E-state index contributed by atoms with van der Waals surface area (Å²) in [5.41, 5.74) is 0.960. The van der Waals surface area contributed by atoms with E-state index in [1.165, 1.54) is 0 Å². The van der Waals surface area contributed by atoms with Gasteiger partial charge in [0.05, 0.1) is 13.2 Å². The summed E-state index contributed by atoms with van der Waals surface area (Å²) in [6, 6.07) is 9.72. The van der Waals surface area contributed by atoms with Crippen LogP contribution >= 0.6 is 11.6 Å². The zero-order valence-electron chi connectivity index (χ0n) is 11.4. The van der Waals surface area contributed by atoms with Crippen LogP contribution in [0.2, 0.25) is 5.02 Å². The van der Waals surface area contributed by atoms with Gasteiger partial charge in [0, 0.05) is 17.1 Å². The molecule has 0 aliphatic heterocycles. The van der Waals surface area contributed by atoms with Gasteiger partial charge in [-0.05, 0) is 38.1 Å². The van der Waals surface area contributed by atoms with E-state index in [1.807, 2.05) is 37.3 Å². The van der Waals surface area contributed by atoms with E-state index in [4.69, 9.17) is 20.8 Å². The Labute approximate surface area is 118 Å². The normalized spacial score (nSPS) is 12.4. The second kappa shape index (κ2) is 6.13. The number of benzene rings is 1. The van der Waals surface area contributed by atoms with E-state index in [1.54, 1.807) is 7.11 Å². The number of halogens is 1. The van der Waals surface area contributed by atoms with Crippen molar-refractivity contribution in [3.05, 3.63) is 52.4 Å². The molecule has 4 heteroatoms. The molecule has 3 nitrogen and oxygen atoms in total. The average Bonchev–Trinajstić information content (AvgIpc) is 2.83. The van der Waals surface area contributed by atoms with Crippen molar-refractivity contribution >= 4 is 11.6 Å². The molecule has 0 spiro atoms. The summed E-state index contributed by atoms with van der Waals surface area (Å²) in [7, 11) is 1.65. The quantitative estimate of drug-likeness (QED) is 0.895. The van der Waals surface area contributed by atoms with E-state index in [9.17, 15) is 0 Å². The van der Waals surface area contributed by atoms with Crippen LogP contribution in [-0.4, -0.2) is 7.11 Å². The number of methoxy groups -OCH3 is 1. The van der Waals surface area contributed by atoms with Crippen LogP contribution < -0.4 is 10.1 Å². The van der Waals surface area contributed by atoms with Crippen LogP contribution in [0.1, 0.15) is 30.0 Å². The number of nitrogens with one attached hydrogen (secondary N) is 1. The number of rotatable bonds is 5. The van der Waals surface area contributed by atoms with Gasteiger partial charge in [-0.2, -0.15) is 0 Å². The van der Waals surface area contributed by atoms with Crippen molar-refractivity contribution in [1.82, 2.24) is 5.32 Å². The van der Waals surface area contributed by atoms with Crippen LogP contribution in [0.5, 0.6) is 5.75 Å². The van der Waals surface area contributed by atoms with Gasteiger partial charge in [-0.3, -0.25) is 0 Å². The highest BCUT2D eigenvalue weighted by Crippen LogP contribution is 2.27. The number of ether oxygens (including phenoxy) is 1.